The summed E-state index contributed by atoms with van der Waals surface area (Å²) in [6.07, 6.45) is 8.72. The van der Waals surface area contributed by atoms with E-state index in [9.17, 15) is 9.59 Å². The zero-order valence-corrected chi connectivity index (χ0v) is 29.8. The van der Waals surface area contributed by atoms with Crippen LogP contribution in [0.1, 0.15) is 110 Å². The number of carbonyl (C=O) groups excluding carboxylic acids is 2. The van der Waals surface area contributed by atoms with Gasteiger partial charge < -0.3 is 24.0 Å². The highest BCUT2D eigenvalue weighted by molar-refractivity contribution is 5.81. The van der Waals surface area contributed by atoms with Crippen molar-refractivity contribution in [2.24, 2.45) is 11.3 Å². The minimum Gasteiger partial charge on any atom is -0.490 e. The van der Waals surface area contributed by atoms with E-state index < -0.39 is 5.41 Å². The van der Waals surface area contributed by atoms with Gasteiger partial charge >= 0.3 is 5.97 Å². The van der Waals surface area contributed by atoms with E-state index in [4.69, 9.17) is 14.2 Å². The van der Waals surface area contributed by atoms with Gasteiger partial charge in [0.05, 0.1) is 24.2 Å². The van der Waals surface area contributed by atoms with Gasteiger partial charge in [0.2, 0.25) is 5.91 Å². The first-order chi connectivity index (χ1) is 22.4. The first-order valence-corrected chi connectivity index (χ1v) is 18.1. The Bertz CT molecular complexity index is 1320. The maximum atomic E-state index is 13.9. The van der Waals surface area contributed by atoms with Crippen LogP contribution < -0.4 is 9.64 Å². The van der Waals surface area contributed by atoms with Crippen LogP contribution in [0.2, 0.25) is 0 Å². The maximum absolute atomic E-state index is 13.9. The van der Waals surface area contributed by atoms with Gasteiger partial charge in [-0.3, -0.25) is 9.59 Å². The zero-order valence-electron chi connectivity index (χ0n) is 29.8. The van der Waals surface area contributed by atoms with Gasteiger partial charge in [0.15, 0.2) is 0 Å². The molecule has 2 heterocycles. The molecule has 0 N–H and O–H groups in total. The lowest BCUT2D eigenvalue weighted by Crippen LogP contribution is -2.47. The zero-order chi connectivity index (χ0) is 33.7. The van der Waals surface area contributed by atoms with Crippen LogP contribution in [0.15, 0.2) is 48.5 Å². The minimum absolute atomic E-state index is 0.0100. The Morgan fingerprint density at radius 1 is 0.957 bits per heavy atom. The topological polar surface area (TPSA) is 68.3 Å². The molecule has 0 bridgehead atoms. The van der Waals surface area contributed by atoms with Crippen LogP contribution in [0.5, 0.6) is 5.75 Å². The third-order valence-corrected chi connectivity index (χ3v) is 10.5. The van der Waals surface area contributed by atoms with Crippen LogP contribution in [0.4, 0.5) is 5.69 Å². The maximum Gasteiger partial charge on any atom is 0.308 e. The molecule has 1 saturated carbocycles. The predicted octanol–water partition coefficient (Wildman–Crippen LogP) is 8.08. The number of anilines is 1. The van der Waals surface area contributed by atoms with E-state index in [2.05, 4.69) is 60.0 Å². The molecule has 2 saturated heterocycles. The molecule has 0 aromatic heterocycles. The molecule has 1 atom stereocenters. The lowest BCUT2D eigenvalue weighted by atomic mass is 9.67. The van der Waals surface area contributed by atoms with Crippen molar-refractivity contribution in [3.63, 3.8) is 0 Å². The highest BCUT2D eigenvalue weighted by Crippen LogP contribution is 2.45. The molecule has 7 nitrogen and oxygen atoms in total. The standard InChI is InChI=1S/C40H58N2O5/c1-7-45-36(43)31-12-20-35(21-13-31)47-34-18-10-30(11-19-34)28-42(37(44)38(2,3)4)26-22-40(23-27-46-39(5,6)29-40)32-14-16-33(17-15-32)41-24-8-9-25-41/h10-11,14-19,31,35H,7-9,12-13,20-29H2,1-6H3/t31-,35-,40?. The Labute approximate surface area is 283 Å². The molecule has 5 rings (SSSR count). The number of hydrogen-bond acceptors (Lipinski definition) is 6. The van der Waals surface area contributed by atoms with Crippen molar-refractivity contribution in [1.29, 1.82) is 0 Å². The quantitative estimate of drug-likeness (QED) is 0.230. The highest BCUT2D eigenvalue weighted by Gasteiger charge is 2.43. The third-order valence-electron chi connectivity index (χ3n) is 10.5. The third kappa shape index (κ3) is 9.10. The number of rotatable bonds is 11. The second-order valence-electron chi connectivity index (χ2n) is 15.8. The number of carbonyl (C=O) groups is 2. The second kappa shape index (κ2) is 15.0. The summed E-state index contributed by atoms with van der Waals surface area (Å²) in [5, 5.41) is 0. The van der Waals surface area contributed by atoms with Crippen LogP contribution in [0.25, 0.3) is 0 Å². The molecule has 2 aromatic rings. The summed E-state index contributed by atoms with van der Waals surface area (Å²) in [7, 11) is 0. The largest absolute Gasteiger partial charge is 0.490 e. The summed E-state index contributed by atoms with van der Waals surface area (Å²) in [6, 6.07) is 17.5. The van der Waals surface area contributed by atoms with Crippen LogP contribution in [0.3, 0.4) is 0 Å². The first kappa shape index (κ1) is 35.3. The molecular formula is C40H58N2O5. The Balaban J connectivity index is 1.27. The van der Waals surface area contributed by atoms with Crippen LogP contribution in [-0.4, -0.2) is 61.3 Å². The van der Waals surface area contributed by atoms with Crippen molar-refractivity contribution in [3.05, 3.63) is 59.7 Å². The van der Waals surface area contributed by atoms with Gasteiger partial charge in [-0.2, -0.15) is 0 Å². The molecule has 0 spiro atoms. The molecule has 47 heavy (non-hydrogen) atoms. The van der Waals surface area contributed by atoms with Crippen molar-refractivity contribution in [2.75, 3.05) is 37.7 Å². The lowest BCUT2D eigenvalue weighted by Gasteiger charge is -2.46. The van der Waals surface area contributed by atoms with Crippen molar-refractivity contribution >= 4 is 17.6 Å². The van der Waals surface area contributed by atoms with Gasteiger partial charge in [0.1, 0.15) is 5.75 Å². The van der Waals surface area contributed by atoms with Gasteiger partial charge in [-0.1, -0.05) is 45.0 Å². The molecule has 1 aliphatic carbocycles. The SMILES string of the molecule is CCOC(=O)[C@H]1CC[C@H](Oc2ccc(CN(CCC3(c4ccc(N5CCCC5)cc4)CCOC(C)(C)C3)C(=O)C(C)(C)C)cc2)CC1. The van der Waals surface area contributed by atoms with Crippen LogP contribution in [0, 0.1) is 11.3 Å². The summed E-state index contributed by atoms with van der Waals surface area (Å²) >= 11 is 0. The van der Waals surface area contributed by atoms with E-state index in [1.807, 2.05) is 39.8 Å². The van der Waals surface area contributed by atoms with Crippen molar-refractivity contribution in [1.82, 2.24) is 4.90 Å². The van der Waals surface area contributed by atoms with E-state index in [-0.39, 0.29) is 34.9 Å². The molecule has 1 amide bonds. The highest BCUT2D eigenvalue weighted by atomic mass is 16.5. The van der Waals surface area contributed by atoms with Gasteiger partial charge in [-0.05, 0) is 114 Å². The fourth-order valence-electron chi connectivity index (χ4n) is 7.92. The summed E-state index contributed by atoms with van der Waals surface area (Å²) in [5.41, 5.74) is 3.00. The number of nitrogens with zero attached hydrogens (tertiary/aromatic N) is 2. The van der Waals surface area contributed by atoms with Gasteiger partial charge in [0.25, 0.3) is 0 Å². The summed E-state index contributed by atoms with van der Waals surface area (Å²) in [6.45, 7) is 17.0. The number of benzene rings is 2. The van der Waals surface area contributed by atoms with Crippen LogP contribution >= 0.6 is 0 Å². The molecule has 258 valence electrons. The normalized spacial score (nSPS) is 24.5. The van der Waals surface area contributed by atoms with Gasteiger partial charge in [-0.15, -0.1) is 0 Å². The molecule has 2 aliphatic heterocycles. The van der Waals surface area contributed by atoms with E-state index >= 15 is 0 Å². The number of hydrogen-bond donors (Lipinski definition) is 0. The van der Waals surface area contributed by atoms with Crippen molar-refractivity contribution in [3.8, 4) is 5.75 Å². The van der Waals surface area contributed by atoms with Crippen molar-refractivity contribution < 1.29 is 23.8 Å². The van der Waals surface area contributed by atoms with E-state index in [0.717, 1.165) is 76.0 Å². The average molecular weight is 647 g/mol. The number of esters is 1. The Hall–Kier alpha value is -3.06. The van der Waals surface area contributed by atoms with E-state index in [1.54, 1.807) is 0 Å². The molecule has 3 aliphatic rings. The van der Waals surface area contributed by atoms with Crippen molar-refractivity contribution in [2.45, 2.75) is 123 Å². The summed E-state index contributed by atoms with van der Waals surface area (Å²) in [4.78, 5) is 30.5. The molecular weight excluding hydrogens is 588 g/mol. The summed E-state index contributed by atoms with van der Waals surface area (Å²) in [5.74, 6) is 0.917. The first-order valence-electron chi connectivity index (χ1n) is 18.1. The monoisotopic (exact) mass is 646 g/mol. The minimum atomic E-state index is -0.481. The van der Waals surface area contributed by atoms with Crippen LogP contribution in [-0.2, 0) is 31.0 Å². The molecule has 1 unspecified atom stereocenters. The fraction of sp³-hybridized carbons (Fsp3) is 0.650. The Morgan fingerprint density at radius 3 is 2.21 bits per heavy atom. The lowest BCUT2D eigenvalue weighted by molar-refractivity contribution is -0.149. The molecule has 2 aromatic carbocycles. The Morgan fingerprint density at radius 2 is 1.62 bits per heavy atom. The second-order valence-corrected chi connectivity index (χ2v) is 15.8. The summed E-state index contributed by atoms with van der Waals surface area (Å²) < 4.78 is 17.7. The van der Waals surface area contributed by atoms with Gasteiger partial charge in [0, 0.05) is 49.3 Å². The smallest absolute Gasteiger partial charge is 0.308 e. The molecule has 0 radical (unpaired) electrons. The molecule has 3 fully saturated rings. The number of ether oxygens (including phenoxy) is 3. The number of amides is 1. The molecule has 7 heteroatoms. The van der Waals surface area contributed by atoms with E-state index in [0.29, 0.717) is 19.7 Å². The predicted molar refractivity (Wildman–Crippen MR) is 188 cm³/mol. The fourth-order valence-corrected chi connectivity index (χ4v) is 7.92. The average Bonchev–Trinajstić information content (AvgIpc) is 3.59. The van der Waals surface area contributed by atoms with Gasteiger partial charge in [-0.25, -0.2) is 0 Å². The Kier molecular flexibility index (Phi) is 11.3. The van der Waals surface area contributed by atoms with E-state index in [1.165, 1.54) is 24.1 Å².